The van der Waals surface area contributed by atoms with Gasteiger partial charge >= 0.3 is 0 Å². The molecule has 3 heteroatoms. The number of hydrogen-bond acceptors (Lipinski definition) is 3. The van der Waals surface area contributed by atoms with Crippen molar-refractivity contribution < 1.29 is 0 Å². The maximum Gasteiger partial charge on any atom is 0.0994 e. The van der Waals surface area contributed by atoms with Gasteiger partial charge in [-0.15, -0.1) is 0 Å². The molecule has 0 radical (unpaired) electrons. The van der Waals surface area contributed by atoms with Gasteiger partial charge in [-0.05, 0) is 66.8 Å². The van der Waals surface area contributed by atoms with Crippen LogP contribution in [0.5, 0.6) is 0 Å². The minimum absolute atomic E-state index is 0.641. The molecule has 3 nitrogen and oxygen atoms in total. The number of nitrogens with one attached hydrogen (secondary N) is 1. The molecule has 1 saturated heterocycles. The molecular weight excluding hydrogens is 282 g/mol. The van der Waals surface area contributed by atoms with Crippen LogP contribution in [0.4, 0.5) is 5.69 Å². The number of fused-ring (bicyclic) bond motifs is 3. The zero-order chi connectivity index (χ0) is 15.8. The first-order chi connectivity index (χ1) is 11.3. The minimum Gasteiger partial charge on any atom is -0.367 e. The van der Waals surface area contributed by atoms with Crippen LogP contribution in [0.2, 0.25) is 0 Å². The fraction of sp³-hybridized carbons (Fsp3) is 0.350. The van der Waals surface area contributed by atoms with Gasteiger partial charge in [0.05, 0.1) is 11.6 Å². The Balaban J connectivity index is 1.74. The highest BCUT2D eigenvalue weighted by Gasteiger charge is 2.30. The second-order valence-electron chi connectivity index (χ2n) is 6.52. The smallest absolute Gasteiger partial charge is 0.0994 e. The van der Waals surface area contributed by atoms with Gasteiger partial charge in [0.15, 0.2) is 0 Å². The number of nitriles is 1. The van der Waals surface area contributed by atoms with Crippen LogP contribution in [0.15, 0.2) is 36.4 Å². The van der Waals surface area contributed by atoms with E-state index in [9.17, 15) is 5.26 Å². The molecule has 2 aliphatic rings. The summed E-state index contributed by atoms with van der Waals surface area (Å²) in [6.07, 6.45) is 2.36. The molecule has 4 rings (SSSR count). The molecule has 116 valence electrons. The van der Waals surface area contributed by atoms with Gasteiger partial charge in [0.1, 0.15) is 0 Å². The summed E-state index contributed by atoms with van der Waals surface area (Å²) in [5.41, 5.74) is 7.10. The number of anilines is 1. The van der Waals surface area contributed by atoms with Crippen molar-refractivity contribution in [1.29, 1.82) is 5.26 Å². The summed E-state index contributed by atoms with van der Waals surface area (Å²) in [5, 5.41) is 12.7. The molecule has 2 aliphatic heterocycles. The zero-order valence-corrected chi connectivity index (χ0v) is 13.5. The highest BCUT2D eigenvalue weighted by molar-refractivity contribution is 5.74. The fourth-order valence-electron chi connectivity index (χ4n) is 3.98. The van der Waals surface area contributed by atoms with Crippen molar-refractivity contribution in [3.05, 3.63) is 53.1 Å². The molecule has 23 heavy (non-hydrogen) atoms. The molecular formula is C20H21N3. The summed E-state index contributed by atoms with van der Waals surface area (Å²) in [6.45, 7) is 5.33. The lowest BCUT2D eigenvalue weighted by Crippen LogP contribution is -2.32. The second kappa shape index (κ2) is 5.72. The predicted octanol–water partition coefficient (Wildman–Crippen LogP) is 3.26. The van der Waals surface area contributed by atoms with Crippen molar-refractivity contribution in [3.8, 4) is 17.2 Å². The fourth-order valence-corrected chi connectivity index (χ4v) is 3.98. The lowest BCUT2D eigenvalue weighted by Gasteiger charge is -2.24. The minimum atomic E-state index is 0.641. The summed E-state index contributed by atoms with van der Waals surface area (Å²) in [6, 6.07) is 15.7. The Hall–Kier alpha value is -2.31. The first kappa shape index (κ1) is 14.3. The maximum atomic E-state index is 9.25. The van der Waals surface area contributed by atoms with Crippen LogP contribution in [0, 0.1) is 18.3 Å². The Labute approximate surface area is 137 Å². The van der Waals surface area contributed by atoms with E-state index in [1.807, 2.05) is 19.1 Å². The summed E-state index contributed by atoms with van der Waals surface area (Å²) >= 11 is 0. The Morgan fingerprint density at radius 1 is 1.22 bits per heavy atom. The average Bonchev–Trinajstić information content (AvgIpc) is 2.75. The third kappa shape index (κ3) is 2.40. The van der Waals surface area contributed by atoms with E-state index in [1.165, 1.54) is 28.8 Å². The quantitative estimate of drug-likeness (QED) is 0.879. The van der Waals surface area contributed by atoms with Gasteiger partial charge < -0.3 is 10.2 Å². The van der Waals surface area contributed by atoms with Crippen LogP contribution in [-0.4, -0.2) is 25.7 Å². The van der Waals surface area contributed by atoms with E-state index >= 15 is 0 Å². The SMILES string of the molecule is Cc1c(C#N)cccc1-c1ccc2c(c1)CC1CCNCCN21. The molecule has 0 amide bonds. The Bertz CT molecular complexity index is 788. The van der Waals surface area contributed by atoms with Gasteiger partial charge in [0.2, 0.25) is 0 Å². The topological polar surface area (TPSA) is 39.1 Å². The van der Waals surface area contributed by atoms with Crippen molar-refractivity contribution in [2.24, 2.45) is 0 Å². The van der Waals surface area contributed by atoms with Gasteiger partial charge in [-0.1, -0.05) is 18.2 Å². The first-order valence-corrected chi connectivity index (χ1v) is 8.38. The standard InChI is InChI=1S/C20H21N3/c1-14-16(13-21)3-2-4-19(14)15-5-6-20-17(11-15)12-18-7-8-22-9-10-23(18)20/h2-6,11,18,22H,7-10,12H2,1H3. The zero-order valence-electron chi connectivity index (χ0n) is 13.5. The molecule has 1 atom stereocenters. The molecule has 2 aromatic carbocycles. The Morgan fingerprint density at radius 2 is 2.13 bits per heavy atom. The second-order valence-corrected chi connectivity index (χ2v) is 6.52. The van der Waals surface area contributed by atoms with Crippen molar-refractivity contribution in [1.82, 2.24) is 5.32 Å². The lowest BCUT2D eigenvalue weighted by atomic mass is 9.95. The summed E-state index contributed by atoms with van der Waals surface area (Å²) in [7, 11) is 0. The first-order valence-electron chi connectivity index (χ1n) is 8.38. The number of nitrogens with zero attached hydrogens (tertiary/aromatic N) is 2. The summed E-state index contributed by atoms with van der Waals surface area (Å²) < 4.78 is 0. The largest absolute Gasteiger partial charge is 0.367 e. The van der Waals surface area contributed by atoms with Crippen molar-refractivity contribution in [2.75, 3.05) is 24.5 Å². The molecule has 0 saturated carbocycles. The van der Waals surface area contributed by atoms with Crippen molar-refractivity contribution >= 4 is 5.69 Å². The van der Waals surface area contributed by atoms with Crippen molar-refractivity contribution in [3.63, 3.8) is 0 Å². The normalized spacial score (nSPS) is 19.7. The molecule has 0 aliphatic carbocycles. The van der Waals surface area contributed by atoms with Crippen molar-refractivity contribution in [2.45, 2.75) is 25.8 Å². The average molecular weight is 303 g/mol. The highest BCUT2D eigenvalue weighted by atomic mass is 15.2. The van der Waals surface area contributed by atoms with Crippen LogP contribution >= 0.6 is 0 Å². The summed E-state index contributed by atoms with van der Waals surface area (Å²) in [4.78, 5) is 2.57. The third-order valence-corrected chi connectivity index (χ3v) is 5.23. The van der Waals surface area contributed by atoms with Crippen LogP contribution < -0.4 is 10.2 Å². The van der Waals surface area contributed by atoms with Gasteiger partial charge in [-0.25, -0.2) is 0 Å². The van der Waals surface area contributed by atoms with E-state index in [-0.39, 0.29) is 0 Å². The van der Waals surface area contributed by atoms with E-state index in [0.717, 1.165) is 37.2 Å². The molecule has 1 fully saturated rings. The number of benzene rings is 2. The number of rotatable bonds is 1. The third-order valence-electron chi connectivity index (χ3n) is 5.23. The monoisotopic (exact) mass is 303 g/mol. The Morgan fingerprint density at radius 3 is 3.00 bits per heavy atom. The lowest BCUT2D eigenvalue weighted by molar-refractivity contribution is 0.612. The van der Waals surface area contributed by atoms with E-state index in [2.05, 4.69) is 40.6 Å². The molecule has 1 unspecified atom stereocenters. The van der Waals surface area contributed by atoms with E-state index in [0.29, 0.717) is 6.04 Å². The summed E-state index contributed by atoms with van der Waals surface area (Å²) in [5.74, 6) is 0. The van der Waals surface area contributed by atoms with Crippen LogP contribution in [-0.2, 0) is 6.42 Å². The van der Waals surface area contributed by atoms with Gasteiger partial charge in [0, 0.05) is 24.8 Å². The van der Waals surface area contributed by atoms with Gasteiger partial charge in [-0.2, -0.15) is 5.26 Å². The molecule has 0 spiro atoms. The molecule has 2 aromatic rings. The number of hydrogen-bond donors (Lipinski definition) is 1. The van der Waals surface area contributed by atoms with E-state index in [4.69, 9.17) is 0 Å². The van der Waals surface area contributed by atoms with Crippen LogP contribution in [0.1, 0.15) is 23.1 Å². The predicted molar refractivity (Wildman–Crippen MR) is 93.7 cm³/mol. The Kier molecular flexibility index (Phi) is 3.55. The van der Waals surface area contributed by atoms with E-state index in [1.54, 1.807) is 0 Å². The van der Waals surface area contributed by atoms with E-state index < -0.39 is 0 Å². The van der Waals surface area contributed by atoms with Crippen LogP contribution in [0.3, 0.4) is 0 Å². The highest BCUT2D eigenvalue weighted by Crippen LogP contribution is 2.37. The van der Waals surface area contributed by atoms with Gasteiger partial charge in [-0.3, -0.25) is 0 Å². The van der Waals surface area contributed by atoms with Crippen LogP contribution in [0.25, 0.3) is 11.1 Å². The van der Waals surface area contributed by atoms with Gasteiger partial charge in [0.25, 0.3) is 0 Å². The molecule has 1 N–H and O–H groups in total. The molecule has 0 aromatic heterocycles. The molecule has 0 bridgehead atoms. The maximum absolute atomic E-state index is 9.25. The molecule has 2 heterocycles.